The Hall–Kier alpha value is -3.55. The number of ether oxygens (including phenoxy) is 1. The summed E-state index contributed by atoms with van der Waals surface area (Å²) >= 11 is 0. The smallest absolute Gasteiger partial charge is 0.328 e. The Bertz CT molecular complexity index is 988. The number of carbonyl (C=O) groups is 2. The van der Waals surface area contributed by atoms with Crippen LogP contribution >= 0.6 is 0 Å². The third kappa shape index (κ3) is 4.53. The van der Waals surface area contributed by atoms with Crippen LogP contribution in [0.2, 0.25) is 0 Å². The fourth-order valence-electron chi connectivity index (χ4n) is 3.21. The zero-order chi connectivity index (χ0) is 21.5. The van der Waals surface area contributed by atoms with Crippen molar-refractivity contribution in [2.75, 3.05) is 42.3 Å². The van der Waals surface area contributed by atoms with E-state index in [2.05, 4.69) is 26.7 Å². The van der Waals surface area contributed by atoms with Gasteiger partial charge in [-0.1, -0.05) is 0 Å². The number of hydrogen-bond donors (Lipinski definition) is 3. The molecule has 30 heavy (non-hydrogen) atoms. The van der Waals surface area contributed by atoms with Gasteiger partial charge in [0.2, 0.25) is 0 Å². The lowest BCUT2D eigenvalue weighted by molar-refractivity contribution is 0.111. The number of aldehydes is 1. The number of rotatable bonds is 7. The molecule has 1 aliphatic rings. The molecule has 2 aromatic heterocycles. The molecule has 3 heterocycles. The number of aliphatic hydroxyl groups is 1. The molecule has 2 aromatic rings. The SMILES string of the molecule is COCCNc1cc(NC(=O)N2CCCc3cc(CO)c(C=O)nc32)ncc1C#N. The van der Waals surface area contributed by atoms with E-state index in [-0.39, 0.29) is 18.1 Å². The number of hydrogen-bond acceptors (Lipinski definition) is 8. The molecule has 0 spiro atoms. The lowest BCUT2D eigenvalue weighted by atomic mass is 10.0. The number of nitrogens with zero attached hydrogens (tertiary/aromatic N) is 4. The van der Waals surface area contributed by atoms with Gasteiger partial charge in [-0.3, -0.25) is 15.0 Å². The molecule has 0 aromatic carbocycles. The van der Waals surface area contributed by atoms with Crippen LogP contribution in [0.1, 0.15) is 33.6 Å². The molecule has 0 saturated carbocycles. The molecule has 10 nitrogen and oxygen atoms in total. The van der Waals surface area contributed by atoms with Gasteiger partial charge in [-0.15, -0.1) is 0 Å². The second-order valence-corrected chi connectivity index (χ2v) is 6.62. The summed E-state index contributed by atoms with van der Waals surface area (Å²) in [5, 5.41) is 24.5. The van der Waals surface area contributed by atoms with E-state index in [1.807, 2.05) is 0 Å². The van der Waals surface area contributed by atoms with Gasteiger partial charge in [0.1, 0.15) is 23.4 Å². The largest absolute Gasteiger partial charge is 0.392 e. The molecular weight excluding hydrogens is 388 g/mol. The molecule has 0 radical (unpaired) electrons. The molecule has 2 amide bonds. The van der Waals surface area contributed by atoms with Gasteiger partial charge in [0, 0.05) is 38.0 Å². The number of pyridine rings is 2. The van der Waals surface area contributed by atoms with Gasteiger partial charge in [-0.05, 0) is 24.5 Å². The number of nitriles is 1. The van der Waals surface area contributed by atoms with Crippen LogP contribution in [0.3, 0.4) is 0 Å². The van der Waals surface area contributed by atoms with Crippen molar-refractivity contribution < 1.29 is 19.4 Å². The van der Waals surface area contributed by atoms with E-state index in [0.717, 1.165) is 12.0 Å². The van der Waals surface area contributed by atoms with Gasteiger partial charge in [0.25, 0.3) is 0 Å². The number of amides is 2. The van der Waals surface area contributed by atoms with Crippen molar-refractivity contribution in [3.63, 3.8) is 0 Å². The molecule has 3 N–H and O–H groups in total. The predicted octanol–water partition coefficient (Wildman–Crippen LogP) is 1.70. The number of methoxy groups -OCH3 is 1. The maximum absolute atomic E-state index is 12.9. The highest BCUT2D eigenvalue weighted by Gasteiger charge is 2.26. The summed E-state index contributed by atoms with van der Waals surface area (Å²) in [7, 11) is 1.58. The summed E-state index contributed by atoms with van der Waals surface area (Å²) in [6, 6.07) is 4.89. The predicted molar refractivity (Wildman–Crippen MR) is 110 cm³/mol. The van der Waals surface area contributed by atoms with E-state index in [1.165, 1.54) is 11.1 Å². The van der Waals surface area contributed by atoms with Crippen molar-refractivity contribution in [2.45, 2.75) is 19.4 Å². The van der Waals surface area contributed by atoms with Crippen molar-refractivity contribution in [2.24, 2.45) is 0 Å². The highest BCUT2D eigenvalue weighted by atomic mass is 16.5. The molecule has 156 valence electrons. The minimum atomic E-state index is -0.447. The maximum Gasteiger partial charge on any atom is 0.328 e. The van der Waals surface area contributed by atoms with Crippen LogP contribution in [-0.2, 0) is 17.8 Å². The first-order valence-electron chi connectivity index (χ1n) is 9.41. The molecule has 10 heteroatoms. The van der Waals surface area contributed by atoms with Crippen LogP contribution in [-0.4, -0.2) is 54.2 Å². The average Bonchev–Trinajstić information content (AvgIpc) is 2.78. The van der Waals surface area contributed by atoms with E-state index in [0.29, 0.717) is 55.0 Å². The third-order valence-electron chi connectivity index (χ3n) is 4.68. The molecule has 0 bridgehead atoms. The van der Waals surface area contributed by atoms with Crippen molar-refractivity contribution in [1.29, 1.82) is 5.26 Å². The number of aryl methyl sites for hydroxylation is 1. The number of aromatic nitrogens is 2. The molecule has 0 aliphatic carbocycles. The van der Waals surface area contributed by atoms with E-state index in [9.17, 15) is 20.0 Å². The minimum absolute atomic E-state index is 0.108. The Morgan fingerprint density at radius 3 is 3.00 bits per heavy atom. The van der Waals surface area contributed by atoms with Crippen molar-refractivity contribution in [3.8, 4) is 6.07 Å². The maximum atomic E-state index is 12.9. The standard InChI is InChI=1S/C20H22N6O4/c1-30-6-4-22-16-8-18(23-10-15(16)9-21)25-20(29)26-5-2-3-13-7-14(11-27)17(12-28)24-19(13)26/h7-8,10,12,27H,2-6,11H2,1H3,(H2,22,23,25,29). The summed E-state index contributed by atoms with van der Waals surface area (Å²) in [4.78, 5) is 34.1. The van der Waals surface area contributed by atoms with Gasteiger partial charge in [0.05, 0.1) is 24.5 Å². The van der Waals surface area contributed by atoms with Crippen molar-refractivity contribution in [1.82, 2.24) is 9.97 Å². The zero-order valence-corrected chi connectivity index (χ0v) is 16.5. The fourth-order valence-corrected chi connectivity index (χ4v) is 3.21. The average molecular weight is 410 g/mol. The van der Waals surface area contributed by atoms with Crippen molar-refractivity contribution in [3.05, 3.63) is 40.7 Å². The fraction of sp³-hybridized carbons (Fsp3) is 0.350. The lowest BCUT2D eigenvalue weighted by Crippen LogP contribution is -2.39. The molecule has 0 saturated heterocycles. The molecule has 0 fully saturated rings. The van der Waals surface area contributed by atoms with E-state index < -0.39 is 6.03 Å². The van der Waals surface area contributed by atoms with Crippen LogP contribution in [0.5, 0.6) is 0 Å². The van der Waals surface area contributed by atoms with Crippen LogP contribution in [0.25, 0.3) is 0 Å². The molecule has 1 aliphatic heterocycles. The van der Waals surface area contributed by atoms with Crippen LogP contribution in [0.4, 0.5) is 22.1 Å². The van der Waals surface area contributed by atoms with E-state index in [1.54, 1.807) is 19.2 Å². The summed E-state index contributed by atoms with van der Waals surface area (Å²) < 4.78 is 4.99. The van der Waals surface area contributed by atoms with Gasteiger partial charge >= 0.3 is 6.03 Å². The second kappa shape index (κ2) is 9.78. The van der Waals surface area contributed by atoms with Crippen molar-refractivity contribution >= 4 is 29.6 Å². The second-order valence-electron chi connectivity index (χ2n) is 6.62. The Morgan fingerprint density at radius 2 is 2.30 bits per heavy atom. The number of urea groups is 1. The summed E-state index contributed by atoms with van der Waals surface area (Å²) in [6.07, 6.45) is 3.36. The minimum Gasteiger partial charge on any atom is -0.392 e. The summed E-state index contributed by atoms with van der Waals surface area (Å²) in [5.41, 5.74) is 2.22. The third-order valence-corrected chi connectivity index (χ3v) is 4.68. The Labute approximate surface area is 173 Å². The summed E-state index contributed by atoms with van der Waals surface area (Å²) in [6.45, 7) is 1.08. The normalized spacial score (nSPS) is 12.6. The van der Waals surface area contributed by atoms with Gasteiger partial charge in [0.15, 0.2) is 6.29 Å². The van der Waals surface area contributed by atoms with E-state index >= 15 is 0 Å². The topological polar surface area (TPSA) is 140 Å². The zero-order valence-electron chi connectivity index (χ0n) is 16.5. The number of fused-ring (bicyclic) bond motifs is 1. The highest BCUT2D eigenvalue weighted by molar-refractivity contribution is 6.01. The first-order chi connectivity index (χ1) is 14.6. The van der Waals surface area contributed by atoms with Gasteiger partial charge in [-0.25, -0.2) is 14.8 Å². The first kappa shape index (κ1) is 21.2. The first-order valence-corrected chi connectivity index (χ1v) is 9.41. The number of anilines is 3. The van der Waals surface area contributed by atoms with Gasteiger partial charge in [-0.2, -0.15) is 5.26 Å². The van der Waals surface area contributed by atoms with Crippen LogP contribution < -0.4 is 15.5 Å². The Morgan fingerprint density at radius 1 is 1.47 bits per heavy atom. The molecule has 0 atom stereocenters. The Balaban J connectivity index is 1.83. The van der Waals surface area contributed by atoms with Gasteiger partial charge < -0.3 is 15.2 Å². The van der Waals surface area contributed by atoms with E-state index in [4.69, 9.17) is 4.74 Å². The lowest BCUT2D eigenvalue weighted by Gasteiger charge is -2.29. The number of carbonyl (C=O) groups excluding carboxylic acids is 2. The molecule has 0 unspecified atom stereocenters. The van der Waals surface area contributed by atoms with Crippen LogP contribution in [0, 0.1) is 11.3 Å². The molecule has 3 rings (SSSR count). The quantitative estimate of drug-likeness (QED) is 0.463. The monoisotopic (exact) mass is 410 g/mol. The molecular formula is C20H22N6O4. The van der Waals surface area contributed by atoms with Crippen LogP contribution in [0.15, 0.2) is 18.3 Å². The highest BCUT2D eigenvalue weighted by Crippen LogP contribution is 2.28. The number of aliphatic hydroxyl groups excluding tert-OH is 1. The Kier molecular flexibility index (Phi) is 6.90. The number of nitrogens with one attached hydrogen (secondary N) is 2. The summed E-state index contributed by atoms with van der Waals surface area (Å²) in [5.74, 6) is 0.666.